The van der Waals surface area contributed by atoms with Crippen molar-refractivity contribution in [2.75, 3.05) is 0 Å². The van der Waals surface area contributed by atoms with Crippen LogP contribution in [0.4, 0.5) is 17.6 Å². The lowest BCUT2D eigenvalue weighted by molar-refractivity contribution is -0.174. The van der Waals surface area contributed by atoms with Crippen molar-refractivity contribution >= 4 is 27.8 Å². The maximum atomic E-state index is 13.6. The Kier molecular flexibility index (Phi) is 5.09. The van der Waals surface area contributed by atoms with E-state index in [4.69, 9.17) is 5.11 Å². The molecule has 0 aromatic heterocycles. The van der Waals surface area contributed by atoms with E-state index in [2.05, 4.69) is 15.9 Å². The number of halogens is 5. The molecule has 1 unspecified atom stereocenters. The highest BCUT2D eigenvalue weighted by molar-refractivity contribution is 9.10. The van der Waals surface area contributed by atoms with Crippen molar-refractivity contribution in [3.8, 4) is 0 Å². The average molecular weight is 358 g/mol. The molecule has 0 heterocycles. The highest BCUT2D eigenvalue weighted by Crippen LogP contribution is 2.26. The molecular formula is C11H8BrF4NO3. The normalized spacial score (nSPS) is 12.8. The zero-order chi connectivity index (χ0) is 15.5. The smallest absolute Gasteiger partial charge is 0.471 e. The molecule has 1 amide bonds. The van der Waals surface area contributed by atoms with E-state index >= 15 is 0 Å². The van der Waals surface area contributed by atoms with Crippen LogP contribution in [0.15, 0.2) is 22.7 Å². The standard InChI is InChI=1S/C11H8BrF4NO3/c12-5-1-2-7(13)6(3-5)8(4-9(18)19)17-10(20)11(14,15)16/h1-3,8H,4H2,(H,17,20)(H,18,19). The molecule has 0 saturated heterocycles. The van der Waals surface area contributed by atoms with Gasteiger partial charge in [0, 0.05) is 10.0 Å². The molecular weight excluding hydrogens is 350 g/mol. The molecule has 0 spiro atoms. The number of carbonyl (C=O) groups is 2. The summed E-state index contributed by atoms with van der Waals surface area (Å²) in [6.07, 6.45) is -6.06. The van der Waals surface area contributed by atoms with Crippen molar-refractivity contribution in [3.05, 3.63) is 34.1 Å². The van der Waals surface area contributed by atoms with E-state index in [0.717, 1.165) is 12.1 Å². The van der Waals surface area contributed by atoms with Crippen LogP contribution in [-0.4, -0.2) is 23.2 Å². The zero-order valence-electron chi connectivity index (χ0n) is 9.67. The summed E-state index contributed by atoms with van der Waals surface area (Å²) in [7, 11) is 0. The fourth-order valence-corrected chi connectivity index (χ4v) is 1.81. The van der Waals surface area contributed by atoms with Gasteiger partial charge in [0.15, 0.2) is 0 Å². The summed E-state index contributed by atoms with van der Waals surface area (Å²) in [4.78, 5) is 21.5. The van der Waals surface area contributed by atoms with Gasteiger partial charge < -0.3 is 10.4 Å². The third kappa shape index (κ3) is 4.48. The number of amides is 1. The van der Waals surface area contributed by atoms with Crippen molar-refractivity contribution in [2.24, 2.45) is 0 Å². The molecule has 9 heteroatoms. The number of rotatable bonds is 4. The molecule has 0 aliphatic heterocycles. The Labute approximate surface area is 118 Å². The van der Waals surface area contributed by atoms with Crippen LogP contribution in [0.1, 0.15) is 18.0 Å². The van der Waals surface area contributed by atoms with Gasteiger partial charge in [0.25, 0.3) is 0 Å². The number of hydrogen-bond donors (Lipinski definition) is 2. The molecule has 4 nitrogen and oxygen atoms in total. The minimum Gasteiger partial charge on any atom is -0.481 e. The van der Waals surface area contributed by atoms with Gasteiger partial charge in [-0.3, -0.25) is 9.59 Å². The molecule has 0 fully saturated rings. The first-order valence-corrected chi connectivity index (χ1v) is 5.95. The number of carbonyl (C=O) groups excluding carboxylic acids is 1. The summed E-state index contributed by atoms with van der Waals surface area (Å²) >= 11 is 2.99. The largest absolute Gasteiger partial charge is 0.481 e. The Balaban J connectivity index is 3.09. The molecule has 20 heavy (non-hydrogen) atoms. The van der Waals surface area contributed by atoms with Gasteiger partial charge >= 0.3 is 18.1 Å². The lowest BCUT2D eigenvalue weighted by atomic mass is 10.0. The first kappa shape index (κ1) is 16.4. The van der Waals surface area contributed by atoms with Crippen molar-refractivity contribution in [2.45, 2.75) is 18.6 Å². The van der Waals surface area contributed by atoms with Crippen molar-refractivity contribution in [1.82, 2.24) is 5.32 Å². The maximum Gasteiger partial charge on any atom is 0.471 e. The Morgan fingerprint density at radius 1 is 1.35 bits per heavy atom. The number of carboxylic acid groups (broad SMARTS) is 1. The van der Waals surface area contributed by atoms with Gasteiger partial charge in [-0.2, -0.15) is 13.2 Å². The second-order valence-electron chi connectivity index (χ2n) is 3.79. The van der Waals surface area contributed by atoms with E-state index in [1.165, 1.54) is 11.4 Å². The molecule has 0 aliphatic rings. The van der Waals surface area contributed by atoms with Crippen LogP contribution in [0.5, 0.6) is 0 Å². The topological polar surface area (TPSA) is 66.4 Å². The lowest BCUT2D eigenvalue weighted by Gasteiger charge is -2.19. The SMILES string of the molecule is O=C(O)CC(NC(=O)C(F)(F)F)c1cc(Br)ccc1F. The number of hydrogen-bond acceptors (Lipinski definition) is 2. The van der Waals surface area contributed by atoms with Crippen LogP contribution >= 0.6 is 15.9 Å². The molecule has 110 valence electrons. The zero-order valence-corrected chi connectivity index (χ0v) is 11.3. The molecule has 0 saturated carbocycles. The number of aliphatic carboxylic acids is 1. The number of alkyl halides is 3. The van der Waals surface area contributed by atoms with Gasteiger partial charge in [-0.05, 0) is 18.2 Å². The van der Waals surface area contributed by atoms with Gasteiger partial charge in [-0.1, -0.05) is 15.9 Å². The van der Waals surface area contributed by atoms with Gasteiger partial charge in [0.1, 0.15) is 5.82 Å². The third-order valence-corrected chi connectivity index (χ3v) is 2.77. The molecule has 2 N–H and O–H groups in total. The summed E-state index contributed by atoms with van der Waals surface area (Å²) in [5.74, 6) is -4.72. The van der Waals surface area contributed by atoms with Crippen LogP contribution in [0.3, 0.4) is 0 Å². The second kappa shape index (κ2) is 6.21. The molecule has 1 atom stereocenters. The predicted molar refractivity (Wildman–Crippen MR) is 63.3 cm³/mol. The molecule has 1 aromatic carbocycles. The van der Waals surface area contributed by atoms with E-state index < -0.39 is 36.3 Å². The van der Waals surface area contributed by atoms with Gasteiger partial charge in [-0.15, -0.1) is 0 Å². The fourth-order valence-electron chi connectivity index (χ4n) is 1.44. The summed E-state index contributed by atoms with van der Waals surface area (Å²) in [5, 5.41) is 10.1. The number of benzene rings is 1. The summed E-state index contributed by atoms with van der Waals surface area (Å²) < 4.78 is 50.4. The third-order valence-electron chi connectivity index (χ3n) is 2.27. The van der Waals surface area contributed by atoms with E-state index in [9.17, 15) is 27.2 Å². The quantitative estimate of drug-likeness (QED) is 0.814. The highest BCUT2D eigenvalue weighted by Gasteiger charge is 2.40. The minimum atomic E-state index is -5.18. The summed E-state index contributed by atoms with van der Waals surface area (Å²) in [6.45, 7) is 0. The van der Waals surface area contributed by atoms with Gasteiger partial charge in [0.2, 0.25) is 0 Å². The molecule has 0 aliphatic carbocycles. The number of nitrogens with one attached hydrogen (secondary N) is 1. The number of carboxylic acids is 1. The molecule has 1 aromatic rings. The Bertz CT molecular complexity index is 533. The van der Waals surface area contributed by atoms with Crippen LogP contribution in [-0.2, 0) is 9.59 Å². The van der Waals surface area contributed by atoms with Gasteiger partial charge in [-0.25, -0.2) is 4.39 Å². The summed E-state index contributed by atoms with van der Waals surface area (Å²) in [6, 6.07) is 1.73. The fraction of sp³-hybridized carbons (Fsp3) is 0.273. The van der Waals surface area contributed by atoms with Crippen molar-refractivity contribution in [1.29, 1.82) is 0 Å². The second-order valence-corrected chi connectivity index (χ2v) is 4.70. The Morgan fingerprint density at radius 2 is 1.95 bits per heavy atom. The van der Waals surface area contributed by atoms with E-state index in [-0.39, 0.29) is 5.56 Å². The monoisotopic (exact) mass is 357 g/mol. The van der Waals surface area contributed by atoms with Crippen LogP contribution in [0, 0.1) is 5.82 Å². The maximum absolute atomic E-state index is 13.6. The summed E-state index contributed by atoms with van der Waals surface area (Å²) in [5.41, 5.74) is -0.348. The average Bonchev–Trinajstić information content (AvgIpc) is 2.29. The van der Waals surface area contributed by atoms with E-state index in [1.54, 1.807) is 0 Å². The van der Waals surface area contributed by atoms with Crippen LogP contribution in [0.25, 0.3) is 0 Å². The van der Waals surface area contributed by atoms with Crippen molar-refractivity contribution in [3.63, 3.8) is 0 Å². The van der Waals surface area contributed by atoms with E-state index in [1.807, 2.05) is 0 Å². The minimum absolute atomic E-state index is 0.338. The Hall–Kier alpha value is -1.64. The van der Waals surface area contributed by atoms with Gasteiger partial charge in [0.05, 0.1) is 12.5 Å². The Morgan fingerprint density at radius 3 is 2.45 bits per heavy atom. The van der Waals surface area contributed by atoms with Crippen LogP contribution in [0.2, 0.25) is 0 Å². The lowest BCUT2D eigenvalue weighted by Crippen LogP contribution is -2.40. The van der Waals surface area contributed by atoms with Crippen LogP contribution < -0.4 is 5.32 Å². The first-order valence-electron chi connectivity index (χ1n) is 5.15. The predicted octanol–water partition coefficient (Wildman–Crippen LogP) is 2.78. The molecule has 1 rings (SSSR count). The highest BCUT2D eigenvalue weighted by atomic mass is 79.9. The molecule has 0 radical (unpaired) electrons. The van der Waals surface area contributed by atoms with Crippen molar-refractivity contribution < 1.29 is 32.3 Å². The molecule has 0 bridgehead atoms. The van der Waals surface area contributed by atoms with E-state index in [0.29, 0.717) is 4.47 Å². The first-order chi connectivity index (χ1) is 9.11.